The summed E-state index contributed by atoms with van der Waals surface area (Å²) >= 11 is 0. The molecule has 4 heteroatoms. The van der Waals surface area contributed by atoms with Crippen LogP contribution in [-0.2, 0) is 11.3 Å². The summed E-state index contributed by atoms with van der Waals surface area (Å²) in [7, 11) is 0. The quantitative estimate of drug-likeness (QED) is 0.858. The Morgan fingerprint density at radius 2 is 2.00 bits per heavy atom. The van der Waals surface area contributed by atoms with Crippen LogP contribution in [0.15, 0.2) is 18.2 Å². The average molecular weight is 265 g/mol. The fourth-order valence-corrected chi connectivity index (χ4v) is 2.19. The van der Waals surface area contributed by atoms with Gasteiger partial charge in [-0.1, -0.05) is 6.07 Å². The van der Waals surface area contributed by atoms with Crippen molar-refractivity contribution in [1.82, 2.24) is 0 Å². The molecule has 1 aromatic carbocycles. The van der Waals surface area contributed by atoms with Crippen molar-refractivity contribution in [2.24, 2.45) is 11.7 Å². The SMILES string of the molecule is CCOc1cc(CN)ccc1OCC1CCOCC1. The number of hydrogen-bond donors (Lipinski definition) is 1. The van der Waals surface area contributed by atoms with Crippen molar-refractivity contribution in [3.05, 3.63) is 23.8 Å². The van der Waals surface area contributed by atoms with Gasteiger partial charge >= 0.3 is 0 Å². The molecular weight excluding hydrogens is 242 g/mol. The van der Waals surface area contributed by atoms with Gasteiger partial charge in [0.15, 0.2) is 11.5 Å². The molecule has 4 nitrogen and oxygen atoms in total. The maximum atomic E-state index is 5.91. The van der Waals surface area contributed by atoms with Gasteiger partial charge in [-0.05, 0) is 43.4 Å². The third kappa shape index (κ3) is 4.11. The molecule has 0 atom stereocenters. The summed E-state index contributed by atoms with van der Waals surface area (Å²) in [5.41, 5.74) is 6.70. The molecule has 1 saturated heterocycles. The molecule has 1 aromatic rings. The van der Waals surface area contributed by atoms with E-state index in [-0.39, 0.29) is 0 Å². The van der Waals surface area contributed by atoms with E-state index in [1.54, 1.807) is 0 Å². The lowest BCUT2D eigenvalue weighted by atomic mass is 10.0. The predicted octanol–water partition coefficient (Wildman–Crippen LogP) is 2.35. The summed E-state index contributed by atoms with van der Waals surface area (Å²) in [5.74, 6) is 2.18. The maximum absolute atomic E-state index is 5.91. The average Bonchev–Trinajstić information content (AvgIpc) is 2.47. The van der Waals surface area contributed by atoms with Gasteiger partial charge in [0.05, 0.1) is 13.2 Å². The Balaban J connectivity index is 1.97. The number of ether oxygens (including phenoxy) is 3. The second-order valence-electron chi connectivity index (χ2n) is 4.78. The summed E-state index contributed by atoms with van der Waals surface area (Å²) in [5, 5.41) is 0. The van der Waals surface area contributed by atoms with E-state index in [0.717, 1.165) is 49.7 Å². The first kappa shape index (κ1) is 14.2. The van der Waals surface area contributed by atoms with Gasteiger partial charge in [-0.2, -0.15) is 0 Å². The summed E-state index contributed by atoms with van der Waals surface area (Å²) in [4.78, 5) is 0. The molecular formula is C15H23NO3. The van der Waals surface area contributed by atoms with Gasteiger partial charge in [0.1, 0.15) is 0 Å². The molecule has 0 amide bonds. The first-order chi connectivity index (χ1) is 9.33. The van der Waals surface area contributed by atoms with Crippen LogP contribution in [0.2, 0.25) is 0 Å². The second-order valence-corrected chi connectivity index (χ2v) is 4.78. The third-order valence-corrected chi connectivity index (χ3v) is 3.36. The van der Waals surface area contributed by atoms with Crippen LogP contribution < -0.4 is 15.2 Å². The van der Waals surface area contributed by atoms with E-state index in [0.29, 0.717) is 19.1 Å². The lowest BCUT2D eigenvalue weighted by Crippen LogP contribution is -2.21. The minimum atomic E-state index is 0.514. The monoisotopic (exact) mass is 265 g/mol. The molecule has 0 bridgehead atoms. The van der Waals surface area contributed by atoms with Crippen molar-refractivity contribution in [3.8, 4) is 11.5 Å². The molecule has 1 aliphatic rings. The number of hydrogen-bond acceptors (Lipinski definition) is 4. The topological polar surface area (TPSA) is 53.7 Å². The Morgan fingerprint density at radius 1 is 1.21 bits per heavy atom. The van der Waals surface area contributed by atoms with E-state index in [1.807, 2.05) is 25.1 Å². The molecule has 0 unspecified atom stereocenters. The lowest BCUT2D eigenvalue weighted by molar-refractivity contribution is 0.0492. The van der Waals surface area contributed by atoms with Crippen molar-refractivity contribution < 1.29 is 14.2 Å². The molecule has 0 aliphatic carbocycles. The zero-order valence-electron chi connectivity index (χ0n) is 11.6. The maximum Gasteiger partial charge on any atom is 0.161 e. The highest BCUT2D eigenvalue weighted by atomic mass is 16.5. The molecule has 1 heterocycles. The van der Waals surface area contributed by atoms with Crippen LogP contribution in [0, 0.1) is 5.92 Å². The summed E-state index contributed by atoms with van der Waals surface area (Å²) in [6, 6.07) is 5.90. The minimum Gasteiger partial charge on any atom is -0.490 e. The van der Waals surface area contributed by atoms with Crippen LogP contribution in [0.1, 0.15) is 25.3 Å². The van der Waals surface area contributed by atoms with Crippen molar-refractivity contribution in [2.45, 2.75) is 26.3 Å². The standard InChI is InChI=1S/C15H23NO3/c1-2-18-15-9-13(10-16)3-4-14(15)19-11-12-5-7-17-8-6-12/h3-4,9,12H,2,5-8,10-11,16H2,1H3. The van der Waals surface area contributed by atoms with Crippen LogP contribution >= 0.6 is 0 Å². The molecule has 19 heavy (non-hydrogen) atoms. The van der Waals surface area contributed by atoms with Crippen LogP contribution in [0.3, 0.4) is 0 Å². The highest BCUT2D eigenvalue weighted by molar-refractivity contribution is 5.43. The van der Waals surface area contributed by atoms with Gasteiger partial charge < -0.3 is 19.9 Å². The van der Waals surface area contributed by atoms with Gasteiger partial charge in [0.25, 0.3) is 0 Å². The molecule has 0 aromatic heterocycles. The van der Waals surface area contributed by atoms with Crippen molar-refractivity contribution in [1.29, 1.82) is 0 Å². The van der Waals surface area contributed by atoms with E-state index in [1.165, 1.54) is 0 Å². The number of rotatable bonds is 6. The highest BCUT2D eigenvalue weighted by Crippen LogP contribution is 2.29. The Hall–Kier alpha value is -1.26. The first-order valence-corrected chi connectivity index (χ1v) is 6.99. The minimum absolute atomic E-state index is 0.514. The van der Waals surface area contributed by atoms with Crippen LogP contribution in [0.4, 0.5) is 0 Å². The van der Waals surface area contributed by atoms with Crippen molar-refractivity contribution in [3.63, 3.8) is 0 Å². The first-order valence-electron chi connectivity index (χ1n) is 6.99. The zero-order chi connectivity index (χ0) is 13.5. The van der Waals surface area contributed by atoms with Gasteiger partial charge in [-0.15, -0.1) is 0 Å². The Labute approximate surface area is 114 Å². The zero-order valence-corrected chi connectivity index (χ0v) is 11.6. The second kappa shape index (κ2) is 7.36. The number of nitrogens with two attached hydrogens (primary N) is 1. The largest absolute Gasteiger partial charge is 0.490 e. The molecule has 0 saturated carbocycles. The highest BCUT2D eigenvalue weighted by Gasteiger charge is 2.15. The smallest absolute Gasteiger partial charge is 0.161 e. The molecule has 1 aliphatic heterocycles. The molecule has 106 valence electrons. The predicted molar refractivity (Wildman–Crippen MR) is 74.5 cm³/mol. The fourth-order valence-electron chi connectivity index (χ4n) is 2.19. The summed E-state index contributed by atoms with van der Waals surface area (Å²) in [6.45, 7) is 5.53. The van der Waals surface area contributed by atoms with E-state index in [9.17, 15) is 0 Å². The Morgan fingerprint density at radius 3 is 2.68 bits per heavy atom. The molecule has 1 fully saturated rings. The fraction of sp³-hybridized carbons (Fsp3) is 0.600. The van der Waals surface area contributed by atoms with Gasteiger partial charge in [0.2, 0.25) is 0 Å². The van der Waals surface area contributed by atoms with Gasteiger partial charge in [-0.25, -0.2) is 0 Å². The molecule has 2 rings (SSSR count). The van der Waals surface area contributed by atoms with E-state index in [2.05, 4.69) is 0 Å². The lowest BCUT2D eigenvalue weighted by Gasteiger charge is -2.22. The Kier molecular flexibility index (Phi) is 5.48. The van der Waals surface area contributed by atoms with E-state index >= 15 is 0 Å². The molecule has 0 spiro atoms. The summed E-state index contributed by atoms with van der Waals surface area (Å²) < 4.78 is 16.9. The van der Waals surface area contributed by atoms with Crippen molar-refractivity contribution in [2.75, 3.05) is 26.4 Å². The Bertz CT molecular complexity index is 389. The van der Waals surface area contributed by atoms with Crippen LogP contribution in [-0.4, -0.2) is 26.4 Å². The van der Waals surface area contributed by atoms with Gasteiger partial charge in [0, 0.05) is 19.8 Å². The van der Waals surface area contributed by atoms with E-state index < -0.39 is 0 Å². The summed E-state index contributed by atoms with van der Waals surface area (Å²) in [6.07, 6.45) is 2.15. The molecule has 2 N–H and O–H groups in total. The number of benzene rings is 1. The normalized spacial score (nSPS) is 16.3. The molecule has 0 radical (unpaired) electrons. The van der Waals surface area contributed by atoms with Crippen LogP contribution in [0.25, 0.3) is 0 Å². The third-order valence-electron chi connectivity index (χ3n) is 3.36. The van der Waals surface area contributed by atoms with E-state index in [4.69, 9.17) is 19.9 Å². The van der Waals surface area contributed by atoms with Gasteiger partial charge in [-0.3, -0.25) is 0 Å². The van der Waals surface area contributed by atoms with Crippen LogP contribution in [0.5, 0.6) is 11.5 Å². The van der Waals surface area contributed by atoms with Crippen molar-refractivity contribution >= 4 is 0 Å².